The minimum Gasteiger partial charge on any atom is -0.464 e. The first-order valence-electron chi connectivity index (χ1n) is 5.83. The normalized spacial score (nSPS) is 12.1. The van der Waals surface area contributed by atoms with E-state index in [0.29, 0.717) is 19.8 Å². The maximum absolute atomic E-state index is 12.1. The fourth-order valence-corrected chi connectivity index (χ4v) is 2.94. The molecular formula is C12H15Cl2NO4S. The highest BCUT2D eigenvalue weighted by atomic mass is 35.5. The zero-order valence-corrected chi connectivity index (χ0v) is 13.6. The van der Waals surface area contributed by atoms with Gasteiger partial charge >= 0.3 is 5.97 Å². The summed E-state index contributed by atoms with van der Waals surface area (Å²) in [6, 6.07) is -0.869. The van der Waals surface area contributed by atoms with Gasteiger partial charge in [0.1, 0.15) is 4.34 Å². The van der Waals surface area contributed by atoms with Gasteiger partial charge in [0.2, 0.25) is 0 Å². The number of methoxy groups -OCH3 is 1. The van der Waals surface area contributed by atoms with Crippen LogP contribution >= 0.6 is 34.5 Å². The van der Waals surface area contributed by atoms with Crippen LogP contribution in [-0.4, -0.2) is 38.2 Å². The van der Waals surface area contributed by atoms with Crippen molar-refractivity contribution in [3.63, 3.8) is 0 Å². The molecule has 8 heteroatoms. The summed E-state index contributed by atoms with van der Waals surface area (Å²) >= 11 is 12.9. The molecule has 0 fully saturated rings. The van der Waals surface area contributed by atoms with Crippen LogP contribution in [0.5, 0.6) is 0 Å². The predicted octanol–water partition coefficient (Wildman–Crippen LogP) is 2.67. The first-order valence-corrected chi connectivity index (χ1v) is 7.40. The number of thiophene rings is 1. The Kier molecular flexibility index (Phi) is 6.75. The van der Waals surface area contributed by atoms with Gasteiger partial charge in [-0.2, -0.15) is 0 Å². The van der Waals surface area contributed by atoms with Crippen molar-refractivity contribution in [1.82, 2.24) is 5.32 Å². The van der Waals surface area contributed by atoms with Gasteiger partial charge in [-0.1, -0.05) is 23.2 Å². The zero-order chi connectivity index (χ0) is 15.3. The molecule has 1 unspecified atom stereocenters. The minimum absolute atomic E-state index is 0.0243. The predicted molar refractivity (Wildman–Crippen MR) is 78.8 cm³/mol. The smallest absolute Gasteiger partial charge is 0.331 e. The average molecular weight is 340 g/mol. The van der Waals surface area contributed by atoms with Gasteiger partial charge < -0.3 is 14.8 Å². The second-order valence-corrected chi connectivity index (χ2v) is 5.88. The van der Waals surface area contributed by atoms with E-state index in [0.717, 1.165) is 11.3 Å². The molecule has 1 aromatic rings. The van der Waals surface area contributed by atoms with Gasteiger partial charge in [0.15, 0.2) is 6.04 Å². The number of hydrogen-bond acceptors (Lipinski definition) is 5. The highest BCUT2D eigenvalue weighted by Crippen LogP contribution is 2.36. The van der Waals surface area contributed by atoms with E-state index in [1.165, 1.54) is 7.11 Å². The number of ether oxygens (including phenoxy) is 2. The molecule has 1 rings (SSSR count). The van der Waals surface area contributed by atoms with Crippen molar-refractivity contribution < 1.29 is 19.1 Å². The molecule has 0 aromatic carbocycles. The molecule has 0 spiro atoms. The van der Waals surface area contributed by atoms with Crippen molar-refractivity contribution in [2.45, 2.75) is 19.9 Å². The average Bonchev–Trinajstić information content (AvgIpc) is 2.66. The fraction of sp³-hybridized carbons (Fsp3) is 0.500. The topological polar surface area (TPSA) is 64.6 Å². The second kappa shape index (κ2) is 7.83. The number of rotatable bonds is 6. The van der Waals surface area contributed by atoms with Crippen molar-refractivity contribution in [3.05, 3.63) is 19.8 Å². The monoisotopic (exact) mass is 339 g/mol. The molecule has 1 aromatic heterocycles. The van der Waals surface area contributed by atoms with Crippen molar-refractivity contribution in [2.24, 2.45) is 0 Å². The lowest BCUT2D eigenvalue weighted by Crippen LogP contribution is -2.44. The van der Waals surface area contributed by atoms with Gasteiger partial charge in [-0.25, -0.2) is 4.79 Å². The van der Waals surface area contributed by atoms with Crippen molar-refractivity contribution >= 4 is 46.4 Å². The lowest BCUT2D eigenvalue weighted by molar-refractivity contribution is -0.146. The molecule has 112 valence electrons. The molecule has 1 atom stereocenters. The third kappa shape index (κ3) is 4.09. The summed E-state index contributed by atoms with van der Waals surface area (Å²) in [5, 5.41) is 2.90. The van der Waals surface area contributed by atoms with Crippen LogP contribution in [0.25, 0.3) is 0 Å². The lowest BCUT2D eigenvalue weighted by atomic mass is 10.2. The van der Waals surface area contributed by atoms with Crippen LogP contribution in [0.3, 0.4) is 0 Å². The Morgan fingerprint density at radius 1 is 1.40 bits per heavy atom. The summed E-state index contributed by atoms with van der Waals surface area (Å²) in [7, 11) is 1.43. The van der Waals surface area contributed by atoms with Gasteiger partial charge in [0, 0.05) is 7.11 Å². The number of halogens is 2. The Bertz CT molecular complexity index is 504. The van der Waals surface area contributed by atoms with Crippen LogP contribution in [0.4, 0.5) is 0 Å². The van der Waals surface area contributed by atoms with E-state index in [2.05, 4.69) is 5.32 Å². The third-order valence-electron chi connectivity index (χ3n) is 2.45. The molecule has 0 radical (unpaired) electrons. The summed E-state index contributed by atoms with van der Waals surface area (Å²) in [6.07, 6.45) is 0. The molecule has 0 aliphatic rings. The van der Waals surface area contributed by atoms with Crippen LogP contribution < -0.4 is 5.32 Å². The number of esters is 1. The Labute approximate surface area is 131 Å². The molecular weight excluding hydrogens is 325 g/mol. The highest BCUT2D eigenvalue weighted by Gasteiger charge is 2.25. The number of nitrogens with one attached hydrogen (secondary N) is 1. The largest absolute Gasteiger partial charge is 0.464 e. The van der Waals surface area contributed by atoms with Gasteiger partial charge in [0.25, 0.3) is 5.91 Å². The molecule has 5 nitrogen and oxygen atoms in total. The lowest BCUT2D eigenvalue weighted by Gasteiger charge is -2.16. The number of amides is 1. The SMILES string of the molecule is CCOC(=O)C(COC)NC(=O)c1sc(Cl)c(Cl)c1C. The van der Waals surface area contributed by atoms with Crippen LogP contribution in [0.2, 0.25) is 9.36 Å². The first-order chi connectivity index (χ1) is 9.42. The number of hydrogen-bond donors (Lipinski definition) is 1. The molecule has 0 saturated carbocycles. The van der Waals surface area contributed by atoms with Crippen LogP contribution in [-0.2, 0) is 14.3 Å². The van der Waals surface area contributed by atoms with Gasteiger partial charge in [0.05, 0.1) is 23.1 Å². The molecule has 1 N–H and O–H groups in total. The maximum Gasteiger partial charge on any atom is 0.331 e. The molecule has 0 aliphatic heterocycles. The minimum atomic E-state index is -0.869. The third-order valence-corrected chi connectivity index (χ3v) is 4.63. The molecule has 1 heterocycles. The maximum atomic E-state index is 12.1. The van der Waals surface area contributed by atoms with Gasteiger partial charge in [-0.3, -0.25) is 4.79 Å². The molecule has 0 saturated heterocycles. The fourth-order valence-electron chi connectivity index (χ4n) is 1.48. The van der Waals surface area contributed by atoms with E-state index >= 15 is 0 Å². The standard InChI is InChI=1S/C12H15Cl2NO4S/c1-4-19-12(17)7(5-18-3)15-11(16)9-6(2)8(13)10(14)20-9/h7H,4-5H2,1-3H3,(H,15,16). The van der Waals surface area contributed by atoms with Gasteiger partial charge in [-0.15, -0.1) is 11.3 Å². The van der Waals surface area contributed by atoms with Crippen LogP contribution in [0.1, 0.15) is 22.2 Å². The molecule has 0 aliphatic carbocycles. The van der Waals surface area contributed by atoms with E-state index < -0.39 is 17.9 Å². The number of carbonyl (C=O) groups excluding carboxylic acids is 2. The summed E-state index contributed by atoms with van der Waals surface area (Å²) in [5.41, 5.74) is 0.583. The van der Waals surface area contributed by atoms with E-state index in [4.69, 9.17) is 32.7 Å². The van der Waals surface area contributed by atoms with E-state index in [-0.39, 0.29) is 13.2 Å². The van der Waals surface area contributed by atoms with Crippen LogP contribution in [0.15, 0.2) is 0 Å². The highest BCUT2D eigenvalue weighted by molar-refractivity contribution is 7.19. The van der Waals surface area contributed by atoms with E-state index in [1.54, 1.807) is 13.8 Å². The van der Waals surface area contributed by atoms with Crippen molar-refractivity contribution in [2.75, 3.05) is 20.3 Å². The summed E-state index contributed by atoms with van der Waals surface area (Å²) < 4.78 is 10.1. The Balaban J connectivity index is 2.85. The molecule has 20 heavy (non-hydrogen) atoms. The second-order valence-electron chi connectivity index (χ2n) is 3.88. The van der Waals surface area contributed by atoms with Gasteiger partial charge in [-0.05, 0) is 19.4 Å². The quantitative estimate of drug-likeness (QED) is 0.809. The van der Waals surface area contributed by atoms with E-state index in [1.807, 2.05) is 0 Å². The number of carbonyl (C=O) groups is 2. The molecule has 0 bridgehead atoms. The zero-order valence-electron chi connectivity index (χ0n) is 11.3. The Morgan fingerprint density at radius 3 is 2.50 bits per heavy atom. The summed E-state index contributed by atoms with van der Waals surface area (Å²) in [5.74, 6) is -0.981. The van der Waals surface area contributed by atoms with Crippen molar-refractivity contribution in [3.8, 4) is 0 Å². The first kappa shape index (κ1) is 17.2. The van der Waals surface area contributed by atoms with Crippen LogP contribution in [0, 0.1) is 6.92 Å². The Hall–Kier alpha value is -0.820. The molecule has 1 amide bonds. The summed E-state index contributed by atoms with van der Waals surface area (Å²) in [4.78, 5) is 24.2. The summed E-state index contributed by atoms with van der Waals surface area (Å²) in [6.45, 7) is 3.63. The Morgan fingerprint density at radius 2 is 2.05 bits per heavy atom. The van der Waals surface area contributed by atoms with Crippen molar-refractivity contribution in [1.29, 1.82) is 0 Å². The van der Waals surface area contributed by atoms with E-state index in [9.17, 15) is 9.59 Å².